The van der Waals surface area contributed by atoms with Crippen molar-refractivity contribution >= 4 is 17.9 Å². The highest BCUT2D eigenvalue weighted by Gasteiger charge is 2.26. The van der Waals surface area contributed by atoms with E-state index >= 15 is 0 Å². The Morgan fingerprint density at radius 3 is 2.10 bits per heavy atom. The summed E-state index contributed by atoms with van der Waals surface area (Å²) < 4.78 is 10.8. The number of esters is 1. The second kappa shape index (κ2) is 14.7. The summed E-state index contributed by atoms with van der Waals surface area (Å²) in [6.07, 6.45) is 2.81. The topological polar surface area (TPSA) is 97.0 Å². The Labute approximate surface area is 235 Å². The van der Waals surface area contributed by atoms with Gasteiger partial charge in [-0.3, -0.25) is 4.79 Å². The van der Waals surface area contributed by atoms with Crippen molar-refractivity contribution in [2.45, 2.75) is 50.8 Å². The molecule has 0 aromatic heterocycles. The molecule has 0 bridgehead atoms. The first kappa shape index (κ1) is 28.7. The maximum Gasteiger partial charge on any atom is 0.328 e. The van der Waals surface area contributed by atoms with Gasteiger partial charge in [0.25, 0.3) is 0 Å². The molecule has 8 heteroatoms. The molecule has 0 unspecified atom stereocenters. The Kier molecular flexibility index (Phi) is 10.6. The second-order valence-corrected chi connectivity index (χ2v) is 9.96. The van der Waals surface area contributed by atoms with Crippen LogP contribution >= 0.6 is 0 Å². The molecule has 40 heavy (non-hydrogen) atoms. The average Bonchev–Trinajstić information content (AvgIpc) is 3.00. The van der Waals surface area contributed by atoms with Crippen molar-refractivity contribution in [3.8, 4) is 5.75 Å². The number of carbonyl (C=O) groups excluding carboxylic acids is 3. The molecular weight excluding hydrogens is 506 g/mol. The number of hydrogen-bond acceptors (Lipinski definition) is 5. The van der Waals surface area contributed by atoms with E-state index in [1.807, 2.05) is 89.8 Å². The van der Waals surface area contributed by atoms with Crippen LogP contribution in [-0.2, 0) is 33.8 Å². The summed E-state index contributed by atoms with van der Waals surface area (Å²) in [6, 6.07) is 26.0. The number of rotatable bonds is 11. The predicted molar refractivity (Wildman–Crippen MR) is 153 cm³/mol. The molecule has 1 saturated heterocycles. The third kappa shape index (κ3) is 8.86. The molecule has 8 nitrogen and oxygen atoms in total. The first-order valence-electron chi connectivity index (χ1n) is 13.7. The largest absolute Gasteiger partial charge is 0.489 e. The number of hydrogen-bond donors (Lipinski definition) is 2. The maximum atomic E-state index is 12.8. The predicted octanol–water partition coefficient (Wildman–Crippen LogP) is 4.27. The van der Waals surface area contributed by atoms with Crippen molar-refractivity contribution < 1.29 is 23.9 Å². The Morgan fingerprint density at radius 2 is 1.48 bits per heavy atom. The number of nitrogens with zero attached hydrogens (tertiary/aromatic N) is 1. The molecule has 0 radical (unpaired) electrons. The van der Waals surface area contributed by atoms with Crippen molar-refractivity contribution in [2.24, 2.45) is 0 Å². The summed E-state index contributed by atoms with van der Waals surface area (Å²) in [5, 5.41) is 5.72. The SMILES string of the molecule is COC(=O)[C@H](Cc1ccc(OCc2ccccc2)cc1)NC(=O)NC1CCN(C(=O)CCc2ccccc2)CC1. The normalized spacial score (nSPS) is 14.2. The van der Waals surface area contributed by atoms with Gasteiger partial charge < -0.3 is 25.0 Å². The molecule has 2 N–H and O–H groups in total. The standard InChI is InChI=1S/C32H37N3O5/c1-39-31(37)29(22-25-12-15-28(16-13-25)40-23-26-10-6-3-7-11-26)34-32(38)33-27-18-20-35(21-19-27)30(36)17-14-24-8-4-2-5-9-24/h2-13,15-16,27,29H,14,17-23H2,1H3,(H2,33,34,38)/t29-/m0/s1. The quantitative estimate of drug-likeness (QED) is 0.352. The lowest BCUT2D eigenvalue weighted by Gasteiger charge is -2.32. The molecule has 3 aromatic rings. The third-order valence-corrected chi connectivity index (χ3v) is 7.06. The average molecular weight is 544 g/mol. The van der Waals surface area contributed by atoms with E-state index in [1.54, 1.807) is 0 Å². The Hall–Kier alpha value is -4.33. The van der Waals surface area contributed by atoms with Gasteiger partial charge in [-0.15, -0.1) is 0 Å². The number of piperidine rings is 1. The van der Waals surface area contributed by atoms with E-state index in [0.29, 0.717) is 39.0 Å². The van der Waals surface area contributed by atoms with Crippen LogP contribution < -0.4 is 15.4 Å². The summed E-state index contributed by atoms with van der Waals surface area (Å²) in [6.45, 7) is 1.66. The summed E-state index contributed by atoms with van der Waals surface area (Å²) in [4.78, 5) is 39.7. The van der Waals surface area contributed by atoms with E-state index in [0.717, 1.165) is 28.9 Å². The number of methoxy groups -OCH3 is 1. The van der Waals surface area contributed by atoms with Crippen molar-refractivity contribution in [1.82, 2.24) is 15.5 Å². The fraction of sp³-hybridized carbons (Fsp3) is 0.344. The highest BCUT2D eigenvalue weighted by Crippen LogP contribution is 2.16. The summed E-state index contributed by atoms with van der Waals surface area (Å²) >= 11 is 0. The number of urea groups is 1. The minimum atomic E-state index is -0.833. The summed E-state index contributed by atoms with van der Waals surface area (Å²) in [5.74, 6) is 0.338. The fourth-order valence-electron chi connectivity index (χ4n) is 4.75. The highest BCUT2D eigenvalue weighted by molar-refractivity contribution is 5.84. The molecule has 1 aliphatic heterocycles. The zero-order valence-corrected chi connectivity index (χ0v) is 22.9. The molecule has 210 valence electrons. The molecule has 1 atom stereocenters. The third-order valence-electron chi connectivity index (χ3n) is 7.06. The van der Waals surface area contributed by atoms with E-state index < -0.39 is 18.0 Å². The number of aryl methyl sites for hydroxylation is 1. The Balaban J connectivity index is 1.21. The van der Waals surface area contributed by atoms with Crippen LogP contribution in [0.15, 0.2) is 84.9 Å². The number of nitrogens with one attached hydrogen (secondary N) is 2. The highest BCUT2D eigenvalue weighted by atomic mass is 16.5. The number of ether oxygens (including phenoxy) is 2. The van der Waals surface area contributed by atoms with Crippen molar-refractivity contribution in [3.05, 3.63) is 102 Å². The molecular formula is C32H37N3O5. The van der Waals surface area contributed by atoms with Crippen LogP contribution in [-0.4, -0.2) is 55.1 Å². The monoisotopic (exact) mass is 543 g/mol. The first-order chi connectivity index (χ1) is 19.5. The molecule has 3 aromatic carbocycles. The van der Waals surface area contributed by atoms with Crippen molar-refractivity contribution in [2.75, 3.05) is 20.2 Å². The number of amides is 3. The Bertz CT molecular complexity index is 1230. The fourth-order valence-corrected chi connectivity index (χ4v) is 4.75. The van der Waals surface area contributed by atoms with Gasteiger partial charge in [0.1, 0.15) is 18.4 Å². The minimum Gasteiger partial charge on any atom is -0.489 e. The lowest BCUT2D eigenvalue weighted by atomic mass is 10.0. The van der Waals surface area contributed by atoms with E-state index in [4.69, 9.17) is 9.47 Å². The zero-order chi connectivity index (χ0) is 28.2. The van der Waals surface area contributed by atoms with Crippen LogP contribution in [0.3, 0.4) is 0 Å². The molecule has 1 heterocycles. The van der Waals surface area contributed by atoms with Gasteiger partial charge >= 0.3 is 12.0 Å². The van der Waals surface area contributed by atoms with Crippen LogP contribution in [0, 0.1) is 0 Å². The van der Waals surface area contributed by atoms with Gasteiger partial charge in [-0.2, -0.15) is 0 Å². The van der Waals surface area contributed by atoms with Crippen molar-refractivity contribution in [1.29, 1.82) is 0 Å². The molecule has 0 saturated carbocycles. The van der Waals surface area contributed by atoms with Gasteiger partial charge in [0.05, 0.1) is 7.11 Å². The van der Waals surface area contributed by atoms with Crippen LogP contribution in [0.5, 0.6) is 5.75 Å². The zero-order valence-electron chi connectivity index (χ0n) is 22.9. The summed E-state index contributed by atoms with van der Waals surface area (Å²) in [7, 11) is 1.31. The van der Waals surface area contributed by atoms with Gasteiger partial charge in [-0.1, -0.05) is 72.8 Å². The molecule has 1 fully saturated rings. The van der Waals surface area contributed by atoms with Gasteiger partial charge in [0.2, 0.25) is 5.91 Å². The van der Waals surface area contributed by atoms with E-state index in [2.05, 4.69) is 10.6 Å². The minimum absolute atomic E-state index is 0.0717. The number of benzene rings is 3. The number of carbonyl (C=O) groups is 3. The van der Waals surface area contributed by atoms with E-state index in [9.17, 15) is 14.4 Å². The molecule has 1 aliphatic rings. The van der Waals surface area contributed by atoms with Crippen LogP contribution in [0.1, 0.15) is 36.0 Å². The van der Waals surface area contributed by atoms with Crippen LogP contribution in [0.2, 0.25) is 0 Å². The van der Waals surface area contributed by atoms with Crippen LogP contribution in [0.4, 0.5) is 4.79 Å². The van der Waals surface area contributed by atoms with Gasteiger partial charge in [-0.25, -0.2) is 9.59 Å². The Morgan fingerprint density at radius 1 is 0.850 bits per heavy atom. The van der Waals surface area contributed by atoms with E-state index in [-0.39, 0.29) is 18.4 Å². The van der Waals surface area contributed by atoms with Crippen LogP contribution in [0.25, 0.3) is 0 Å². The van der Waals surface area contributed by atoms with Gasteiger partial charge in [-0.05, 0) is 48.1 Å². The molecule has 3 amide bonds. The number of likely N-dealkylation sites (tertiary alicyclic amines) is 1. The maximum absolute atomic E-state index is 12.8. The molecule has 0 spiro atoms. The molecule has 4 rings (SSSR count). The van der Waals surface area contributed by atoms with E-state index in [1.165, 1.54) is 7.11 Å². The second-order valence-electron chi connectivity index (χ2n) is 9.96. The molecule has 0 aliphatic carbocycles. The lowest BCUT2D eigenvalue weighted by molar-refractivity contribution is -0.142. The van der Waals surface area contributed by atoms with Gasteiger partial charge in [0.15, 0.2) is 0 Å². The smallest absolute Gasteiger partial charge is 0.328 e. The summed E-state index contributed by atoms with van der Waals surface area (Å²) in [5.41, 5.74) is 3.09. The van der Waals surface area contributed by atoms with Gasteiger partial charge in [0, 0.05) is 32.0 Å². The first-order valence-corrected chi connectivity index (χ1v) is 13.7. The van der Waals surface area contributed by atoms with Crippen molar-refractivity contribution in [3.63, 3.8) is 0 Å². The lowest BCUT2D eigenvalue weighted by Crippen LogP contribution is -2.53.